The first-order valence-electron chi connectivity index (χ1n) is 10.9. The fraction of sp³-hybridized carbons (Fsp3) is 0.684. The monoisotopic (exact) mass is 487 g/mol. The average molecular weight is 488 g/mol. The molecule has 1 saturated heterocycles. The van der Waals surface area contributed by atoms with Gasteiger partial charge in [0.05, 0.1) is 19.1 Å². The van der Waals surface area contributed by atoms with Gasteiger partial charge in [-0.1, -0.05) is 12.8 Å². The van der Waals surface area contributed by atoms with Gasteiger partial charge in [-0.15, -0.1) is 0 Å². The normalized spacial score (nSPS) is 25.4. The number of aliphatic hydroxyl groups is 2. The van der Waals surface area contributed by atoms with Gasteiger partial charge < -0.3 is 37.2 Å². The lowest BCUT2D eigenvalue weighted by molar-refractivity contribution is -0.135. The van der Waals surface area contributed by atoms with Crippen LogP contribution in [0.1, 0.15) is 45.4 Å². The molecule has 0 radical (unpaired) electrons. The SMILES string of the molecule is CC(O)[C@H]1NC(=O)CCCCCCNC(=O)[C@@H](CO)NC(=O)N[C@H](CC(N)=O)C(=O)NNC1=O. The van der Waals surface area contributed by atoms with E-state index in [2.05, 4.69) is 21.3 Å². The first-order valence-corrected chi connectivity index (χ1v) is 10.9. The van der Waals surface area contributed by atoms with Crippen LogP contribution in [-0.4, -0.2) is 83.2 Å². The number of hydrazine groups is 1. The summed E-state index contributed by atoms with van der Waals surface area (Å²) in [6.07, 6.45) is 0.587. The molecule has 0 aromatic heterocycles. The molecule has 1 heterocycles. The number of aliphatic hydroxyl groups excluding tert-OH is 2. The maximum Gasteiger partial charge on any atom is 0.316 e. The lowest BCUT2D eigenvalue weighted by atomic mass is 10.1. The molecule has 1 aliphatic heterocycles. The van der Waals surface area contributed by atoms with Crippen molar-refractivity contribution in [1.29, 1.82) is 0 Å². The quantitative estimate of drug-likeness (QED) is 0.189. The minimum atomic E-state index is -1.55. The predicted molar refractivity (Wildman–Crippen MR) is 116 cm³/mol. The summed E-state index contributed by atoms with van der Waals surface area (Å²) in [6.45, 7) is 0.818. The number of primary amides is 1. The molecular formula is C19H33N7O8. The minimum Gasteiger partial charge on any atom is -0.394 e. The summed E-state index contributed by atoms with van der Waals surface area (Å²) in [5.41, 5.74) is 9.10. The first-order chi connectivity index (χ1) is 16.0. The Morgan fingerprint density at radius 3 is 2.18 bits per heavy atom. The van der Waals surface area contributed by atoms with Crippen molar-refractivity contribution in [3.63, 3.8) is 0 Å². The van der Waals surface area contributed by atoms with Crippen LogP contribution in [0.3, 0.4) is 0 Å². The molecule has 1 aliphatic rings. The fourth-order valence-electron chi connectivity index (χ4n) is 3.00. The van der Waals surface area contributed by atoms with Gasteiger partial charge in [0.15, 0.2) is 0 Å². The van der Waals surface area contributed by atoms with E-state index in [4.69, 9.17) is 5.73 Å². The molecule has 7 amide bonds. The summed E-state index contributed by atoms with van der Waals surface area (Å²) in [4.78, 5) is 72.7. The van der Waals surface area contributed by atoms with E-state index in [9.17, 15) is 39.0 Å². The van der Waals surface area contributed by atoms with E-state index in [1.54, 1.807) is 0 Å². The third kappa shape index (κ3) is 10.4. The largest absolute Gasteiger partial charge is 0.394 e. The van der Waals surface area contributed by atoms with Crippen LogP contribution < -0.4 is 37.9 Å². The molecule has 0 aromatic rings. The van der Waals surface area contributed by atoms with E-state index in [-0.39, 0.29) is 13.0 Å². The number of hydrogen-bond acceptors (Lipinski definition) is 8. The topological polar surface area (TPSA) is 241 Å². The van der Waals surface area contributed by atoms with Gasteiger partial charge in [-0.3, -0.25) is 34.8 Å². The van der Waals surface area contributed by atoms with Gasteiger partial charge in [-0.2, -0.15) is 0 Å². The summed E-state index contributed by atoms with van der Waals surface area (Å²) < 4.78 is 0. The lowest BCUT2D eigenvalue weighted by Crippen LogP contribution is -2.60. The number of amides is 7. The summed E-state index contributed by atoms with van der Waals surface area (Å²) in [5.74, 6) is -4.07. The summed E-state index contributed by atoms with van der Waals surface area (Å²) >= 11 is 0. The van der Waals surface area contributed by atoms with Gasteiger partial charge in [0.25, 0.3) is 11.8 Å². The van der Waals surface area contributed by atoms with E-state index >= 15 is 0 Å². The molecule has 0 saturated carbocycles. The van der Waals surface area contributed by atoms with Crippen molar-refractivity contribution in [2.45, 2.75) is 69.7 Å². The maximum absolute atomic E-state index is 12.4. The van der Waals surface area contributed by atoms with Crippen molar-refractivity contribution in [1.82, 2.24) is 32.1 Å². The van der Waals surface area contributed by atoms with Crippen molar-refractivity contribution in [2.24, 2.45) is 5.73 Å². The average Bonchev–Trinajstić information content (AvgIpc) is 2.76. The van der Waals surface area contributed by atoms with Crippen molar-refractivity contribution in [3.05, 3.63) is 0 Å². The Morgan fingerprint density at radius 2 is 1.56 bits per heavy atom. The van der Waals surface area contributed by atoms with E-state index < -0.39 is 72.8 Å². The van der Waals surface area contributed by atoms with Crippen LogP contribution in [0.4, 0.5) is 4.79 Å². The Balaban J connectivity index is 3.00. The van der Waals surface area contributed by atoms with E-state index in [0.29, 0.717) is 25.7 Å². The van der Waals surface area contributed by atoms with Gasteiger partial charge in [0.1, 0.15) is 18.1 Å². The molecule has 15 nitrogen and oxygen atoms in total. The van der Waals surface area contributed by atoms with Crippen LogP contribution in [0.25, 0.3) is 0 Å². The van der Waals surface area contributed by atoms with Gasteiger partial charge in [0, 0.05) is 13.0 Å². The van der Waals surface area contributed by atoms with Gasteiger partial charge in [0.2, 0.25) is 17.7 Å². The number of nitrogens with two attached hydrogens (primary N) is 1. The Morgan fingerprint density at radius 1 is 0.941 bits per heavy atom. The Bertz CT molecular complexity index is 761. The Kier molecular flexibility index (Phi) is 12.3. The zero-order chi connectivity index (χ0) is 25.7. The second-order valence-corrected chi connectivity index (χ2v) is 7.80. The summed E-state index contributed by atoms with van der Waals surface area (Å²) in [5, 5.41) is 28.5. The molecule has 1 rings (SSSR count). The second kappa shape index (κ2) is 14.6. The Hall–Kier alpha value is -3.46. The van der Waals surface area contributed by atoms with Gasteiger partial charge >= 0.3 is 6.03 Å². The molecule has 0 aliphatic carbocycles. The second-order valence-electron chi connectivity index (χ2n) is 7.80. The van der Waals surface area contributed by atoms with Crippen molar-refractivity contribution < 1.29 is 39.0 Å². The number of urea groups is 1. The number of nitrogens with one attached hydrogen (secondary N) is 6. The van der Waals surface area contributed by atoms with Crippen molar-refractivity contribution in [2.75, 3.05) is 13.2 Å². The van der Waals surface area contributed by atoms with Crippen molar-refractivity contribution in [3.8, 4) is 0 Å². The Labute approximate surface area is 195 Å². The highest BCUT2D eigenvalue weighted by atomic mass is 16.3. The maximum atomic E-state index is 12.4. The summed E-state index contributed by atoms with van der Waals surface area (Å²) in [7, 11) is 0. The third-order valence-electron chi connectivity index (χ3n) is 4.85. The fourth-order valence-corrected chi connectivity index (χ4v) is 3.00. The van der Waals surface area contributed by atoms with Crippen LogP contribution in [0.15, 0.2) is 0 Å². The molecule has 0 bridgehead atoms. The molecule has 0 spiro atoms. The number of rotatable bonds is 4. The molecule has 1 unspecified atom stereocenters. The van der Waals surface area contributed by atoms with Crippen molar-refractivity contribution >= 4 is 35.6 Å². The van der Waals surface area contributed by atoms with E-state index in [1.165, 1.54) is 6.92 Å². The highest BCUT2D eigenvalue weighted by Crippen LogP contribution is 2.04. The zero-order valence-electron chi connectivity index (χ0n) is 18.9. The molecule has 192 valence electrons. The highest BCUT2D eigenvalue weighted by molar-refractivity contribution is 5.94. The first kappa shape index (κ1) is 28.6. The predicted octanol–water partition coefficient (Wildman–Crippen LogP) is -4.02. The van der Waals surface area contributed by atoms with Crippen LogP contribution in [0.2, 0.25) is 0 Å². The number of hydrogen-bond donors (Lipinski definition) is 9. The lowest BCUT2D eigenvalue weighted by Gasteiger charge is -2.23. The van der Waals surface area contributed by atoms with E-state index in [0.717, 1.165) is 0 Å². The number of carbonyl (C=O) groups excluding carboxylic acids is 6. The molecule has 1 fully saturated rings. The summed E-state index contributed by atoms with van der Waals surface area (Å²) in [6, 6.07) is -5.29. The third-order valence-corrected chi connectivity index (χ3v) is 4.85. The minimum absolute atomic E-state index is 0.0957. The van der Waals surface area contributed by atoms with E-state index in [1.807, 2.05) is 10.9 Å². The van der Waals surface area contributed by atoms with Gasteiger partial charge in [-0.25, -0.2) is 4.79 Å². The molecule has 4 atom stereocenters. The smallest absolute Gasteiger partial charge is 0.316 e. The van der Waals surface area contributed by atoms with Crippen LogP contribution in [0.5, 0.6) is 0 Å². The standard InChI is InChI=1S/C19H33N7O8/c1-10(28)15-18(33)26-25-17(32)11(8-13(20)29)22-19(34)23-12(9-27)16(31)21-7-5-3-2-4-6-14(30)24-15/h10-12,15,27-28H,2-9H2,1H3,(H2,20,29)(H,21,31)(H,24,30)(H,25,32)(H,26,33)(H2,22,23,34)/t10?,11-,12-,15-/m1/s1. The molecular weight excluding hydrogens is 454 g/mol. The molecule has 0 aromatic carbocycles. The zero-order valence-corrected chi connectivity index (χ0v) is 18.9. The van der Waals surface area contributed by atoms with Crippen LogP contribution in [-0.2, 0) is 24.0 Å². The molecule has 15 heteroatoms. The molecule has 10 N–H and O–H groups in total. The van der Waals surface area contributed by atoms with Crippen LogP contribution >= 0.6 is 0 Å². The number of carbonyl (C=O) groups is 6. The van der Waals surface area contributed by atoms with Crippen LogP contribution in [0, 0.1) is 0 Å². The van der Waals surface area contributed by atoms with Gasteiger partial charge in [-0.05, 0) is 19.8 Å². The molecule has 34 heavy (non-hydrogen) atoms. The highest BCUT2D eigenvalue weighted by Gasteiger charge is 2.29.